The van der Waals surface area contributed by atoms with Crippen LogP contribution in [0, 0.1) is 0 Å². The van der Waals surface area contributed by atoms with E-state index in [9.17, 15) is 0 Å². The van der Waals surface area contributed by atoms with Gasteiger partial charge in [-0.2, -0.15) is 0 Å². The fourth-order valence-electron chi connectivity index (χ4n) is 9.95. The topological polar surface area (TPSA) is 33.5 Å². The van der Waals surface area contributed by atoms with E-state index in [2.05, 4.69) is 259 Å². The number of nitrogens with zero attached hydrogens (tertiary/aromatic N) is 4. The smallest absolute Gasteiger partial charge is 0.137 e. The molecular weight excluding hydrogens is 829 g/mol. The van der Waals surface area contributed by atoms with E-state index < -0.39 is 0 Å². The maximum atomic E-state index is 7.12. The number of hydrogen-bond acceptors (Lipinski definition) is 4. The number of aromatic nitrogens is 2. The van der Waals surface area contributed by atoms with Gasteiger partial charge in [0.2, 0.25) is 0 Å². The zero-order valence-electron chi connectivity index (χ0n) is 41.0. The molecule has 68 heavy (non-hydrogen) atoms. The largest absolute Gasteiger partial charge is 0.457 e. The summed E-state index contributed by atoms with van der Waals surface area (Å²) in [5.74, 6) is 3.10. The van der Waals surface area contributed by atoms with Crippen LogP contribution in [0.5, 0.6) is 11.5 Å². The van der Waals surface area contributed by atoms with Gasteiger partial charge in [0, 0.05) is 58.3 Å². The summed E-state index contributed by atoms with van der Waals surface area (Å²) in [5, 5.41) is 2.32. The van der Waals surface area contributed by atoms with Gasteiger partial charge in [0.1, 0.15) is 17.3 Å². The number of pyridine rings is 1. The second-order valence-corrected chi connectivity index (χ2v) is 20.6. The van der Waals surface area contributed by atoms with Crippen molar-refractivity contribution in [3.05, 3.63) is 216 Å². The van der Waals surface area contributed by atoms with E-state index in [1.54, 1.807) is 0 Å². The molecule has 340 valence electrons. The van der Waals surface area contributed by atoms with Gasteiger partial charge in [-0.15, -0.1) is 0 Å². The van der Waals surface area contributed by atoms with E-state index in [1.165, 1.54) is 49.9 Å². The van der Waals surface area contributed by atoms with Crippen molar-refractivity contribution in [3.8, 4) is 39.6 Å². The summed E-state index contributed by atoms with van der Waals surface area (Å²) in [4.78, 5) is 9.66. The van der Waals surface area contributed by atoms with E-state index in [1.807, 2.05) is 6.20 Å². The van der Waals surface area contributed by atoms with E-state index in [-0.39, 0.29) is 10.8 Å². The Kier molecular flexibility index (Phi) is 11.6. The average molecular weight is 891 g/mol. The lowest BCUT2D eigenvalue weighted by Gasteiger charge is -2.28. The van der Waals surface area contributed by atoms with Crippen molar-refractivity contribution in [3.63, 3.8) is 0 Å². The van der Waals surface area contributed by atoms with Crippen molar-refractivity contribution >= 4 is 33.2 Å². The molecule has 1 aliphatic rings. The van der Waals surface area contributed by atoms with Gasteiger partial charge in [-0.1, -0.05) is 159 Å². The molecule has 10 rings (SSSR count). The fourth-order valence-corrected chi connectivity index (χ4v) is 9.95. The minimum absolute atomic E-state index is 0.0393. The summed E-state index contributed by atoms with van der Waals surface area (Å²) >= 11 is 0. The number of anilines is 2. The molecule has 0 saturated carbocycles. The lowest BCUT2D eigenvalue weighted by molar-refractivity contribution is 0.483. The lowest BCUT2D eigenvalue weighted by atomic mass is 9.78. The number of fused-ring (bicyclic) bond motifs is 3. The van der Waals surface area contributed by atoms with E-state index in [0.29, 0.717) is 18.5 Å². The van der Waals surface area contributed by atoms with Crippen LogP contribution in [-0.4, -0.2) is 16.2 Å². The molecular formula is C63H62N4O. The first-order valence-electron chi connectivity index (χ1n) is 24.2. The zero-order valence-corrected chi connectivity index (χ0v) is 41.0. The first-order chi connectivity index (χ1) is 32.7. The van der Waals surface area contributed by atoms with Crippen LogP contribution in [0.1, 0.15) is 102 Å². The molecule has 0 radical (unpaired) electrons. The van der Waals surface area contributed by atoms with Gasteiger partial charge >= 0.3 is 0 Å². The fraction of sp³-hybridized carbons (Fsp3) is 0.222. The molecule has 0 aliphatic carbocycles. The Balaban J connectivity index is 1.08. The Morgan fingerprint density at radius 2 is 1.16 bits per heavy atom. The molecule has 0 atom stereocenters. The minimum Gasteiger partial charge on any atom is -0.457 e. The average Bonchev–Trinajstić information content (AvgIpc) is 3.97. The van der Waals surface area contributed by atoms with Crippen LogP contribution in [0.15, 0.2) is 188 Å². The Bertz CT molecular complexity index is 3290. The standard InChI is InChI=1S/C63H62N4O/c1-42(2)54-24-17-25-55(43(3)4)61(54)46-34-51(66-33-32-65(41-66)50-23-16-22-49(37-50)63(8,9)47-20-14-11-15-21-47)39-53(35-46)68-52-27-28-56-57-36-45(44-18-12-10-13-19-44)26-29-58(57)67(59(56)40-52)60-38-48(30-31-64-60)62(5,6)7/h10-40,42-43H,41H2,1-9H3. The molecule has 0 amide bonds. The first kappa shape index (κ1) is 44.5. The monoisotopic (exact) mass is 890 g/mol. The van der Waals surface area contributed by atoms with Gasteiger partial charge in [-0.25, -0.2) is 4.98 Å². The predicted octanol–water partition coefficient (Wildman–Crippen LogP) is 16.9. The summed E-state index contributed by atoms with van der Waals surface area (Å²) < 4.78 is 9.42. The molecule has 0 saturated heterocycles. The second-order valence-electron chi connectivity index (χ2n) is 20.6. The van der Waals surface area contributed by atoms with E-state index in [4.69, 9.17) is 9.72 Å². The van der Waals surface area contributed by atoms with Crippen LogP contribution in [0.4, 0.5) is 11.4 Å². The summed E-state index contributed by atoms with van der Waals surface area (Å²) in [6.45, 7) is 21.2. The molecule has 3 heterocycles. The van der Waals surface area contributed by atoms with Crippen molar-refractivity contribution in [2.24, 2.45) is 0 Å². The number of hydrogen-bond donors (Lipinski definition) is 0. The Morgan fingerprint density at radius 3 is 1.87 bits per heavy atom. The molecule has 9 aromatic rings. The summed E-state index contributed by atoms with van der Waals surface area (Å²) in [5.41, 5.74) is 15.5. The number of rotatable bonds is 11. The maximum absolute atomic E-state index is 7.12. The molecule has 0 spiro atoms. The van der Waals surface area contributed by atoms with Crippen LogP contribution in [0.3, 0.4) is 0 Å². The van der Waals surface area contributed by atoms with Gasteiger partial charge in [-0.3, -0.25) is 4.57 Å². The minimum atomic E-state index is -0.144. The van der Waals surface area contributed by atoms with Crippen molar-refractivity contribution in [2.45, 2.75) is 85.0 Å². The SMILES string of the molecule is CC(C)c1cccc(C(C)C)c1-c1cc(Oc2ccc3c4cc(-c5ccccc5)ccc4n(-c4cc(C(C)(C)C)ccn4)c3c2)cc(N2C=CN(c3cccc(C(C)(C)c4ccccc4)c3)C2)c1. The summed E-state index contributed by atoms with van der Waals surface area (Å²) in [6.07, 6.45) is 6.33. The van der Waals surface area contributed by atoms with E-state index in [0.717, 1.165) is 50.7 Å². The Morgan fingerprint density at radius 1 is 0.485 bits per heavy atom. The highest BCUT2D eigenvalue weighted by Crippen LogP contribution is 2.43. The predicted molar refractivity (Wildman–Crippen MR) is 287 cm³/mol. The number of benzene rings is 7. The molecule has 0 bridgehead atoms. The van der Waals surface area contributed by atoms with Crippen molar-refractivity contribution in [1.29, 1.82) is 0 Å². The van der Waals surface area contributed by atoms with Crippen LogP contribution in [0.2, 0.25) is 0 Å². The molecule has 2 aromatic heterocycles. The maximum Gasteiger partial charge on any atom is 0.137 e. The highest BCUT2D eigenvalue weighted by Gasteiger charge is 2.26. The van der Waals surface area contributed by atoms with Crippen LogP contribution >= 0.6 is 0 Å². The molecule has 1 aliphatic heterocycles. The zero-order chi connectivity index (χ0) is 47.3. The third kappa shape index (κ3) is 8.47. The Labute approximate surface area is 403 Å². The van der Waals surface area contributed by atoms with Gasteiger partial charge in [0.25, 0.3) is 0 Å². The van der Waals surface area contributed by atoms with Crippen LogP contribution in [-0.2, 0) is 10.8 Å². The quantitative estimate of drug-likeness (QED) is 0.130. The van der Waals surface area contributed by atoms with Crippen molar-refractivity contribution < 1.29 is 4.74 Å². The first-order valence-corrected chi connectivity index (χ1v) is 24.2. The third-order valence-electron chi connectivity index (χ3n) is 13.9. The van der Waals surface area contributed by atoms with Gasteiger partial charge in [0.15, 0.2) is 0 Å². The highest BCUT2D eigenvalue weighted by atomic mass is 16.5. The molecule has 0 unspecified atom stereocenters. The van der Waals surface area contributed by atoms with Crippen LogP contribution in [0.25, 0.3) is 49.9 Å². The summed E-state index contributed by atoms with van der Waals surface area (Å²) in [6, 6.07) is 61.6. The van der Waals surface area contributed by atoms with Gasteiger partial charge in [-0.05, 0) is 128 Å². The molecule has 7 aromatic carbocycles. The number of ether oxygens (including phenoxy) is 1. The van der Waals surface area contributed by atoms with Gasteiger partial charge < -0.3 is 14.5 Å². The molecule has 0 N–H and O–H groups in total. The molecule has 5 nitrogen and oxygen atoms in total. The molecule has 0 fully saturated rings. The van der Waals surface area contributed by atoms with E-state index >= 15 is 0 Å². The lowest BCUT2D eigenvalue weighted by Crippen LogP contribution is -2.25. The Hall–Kier alpha value is -7.37. The third-order valence-corrected chi connectivity index (χ3v) is 13.9. The molecule has 5 heteroatoms. The van der Waals surface area contributed by atoms with Crippen molar-refractivity contribution in [2.75, 3.05) is 16.5 Å². The van der Waals surface area contributed by atoms with Gasteiger partial charge in [0.05, 0.1) is 17.7 Å². The summed E-state index contributed by atoms with van der Waals surface area (Å²) in [7, 11) is 0. The normalized spacial score (nSPS) is 13.2. The second kappa shape index (κ2) is 17.7. The van der Waals surface area contributed by atoms with Crippen LogP contribution < -0.4 is 14.5 Å². The highest BCUT2D eigenvalue weighted by molar-refractivity contribution is 6.10. The van der Waals surface area contributed by atoms with Crippen molar-refractivity contribution in [1.82, 2.24) is 9.55 Å².